The highest BCUT2D eigenvalue weighted by atomic mass is 16.1. The van der Waals surface area contributed by atoms with Crippen molar-refractivity contribution in [2.45, 2.75) is 26.9 Å². The van der Waals surface area contributed by atoms with E-state index in [4.69, 9.17) is 0 Å². The first-order chi connectivity index (χ1) is 7.16. The minimum atomic E-state index is 0.102. The number of carbonyl (C=O) groups is 1. The molecule has 0 atom stereocenters. The predicted octanol–water partition coefficient (Wildman–Crippen LogP) is 2.44. The van der Waals surface area contributed by atoms with Crippen molar-refractivity contribution in [1.82, 2.24) is 5.32 Å². The van der Waals surface area contributed by atoms with Crippen LogP contribution in [0.1, 0.15) is 35.3 Å². The standard InChI is InChI=1S/C13H15NO/c1-9(2)5-13(15)10-3-4-11-7-14-8-12(11)6-10/h3-6,14H,7-8H2,1-2H3. The Morgan fingerprint density at radius 3 is 2.73 bits per heavy atom. The Bertz CT molecular complexity index is 428. The molecule has 78 valence electrons. The van der Waals surface area contributed by atoms with E-state index in [0.29, 0.717) is 0 Å². The Balaban J connectivity index is 2.31. The quantitative estimate of drug-likeness (QED) is 0.588. The van der Waals surface area contributed by atoms with Crippen LogP contribution in [0.3, 0.4) is 0 Å². The summed E-state index contributed by atoms with van der Waals surface area (Å²) in [5.74, 6) is 0.102. The lowest BCUT2D eigenvalue weighted by Gasteiger charge is -2.01. The number of benzene rings is 1. The number of carbonyl (C=O) groups excluding carboxylic acids is 1. The van der Waals surface area contributed by atoms with Crippen LogP contribution in [-0.2, 0) is 13.1 Å². The topological polar surface area (TPSA) is 29.1 Å². The molecular formula is C13H15NO. The molecule has 0 unspecified atom stereocenters. The van der Waals surface area contributed by atoms with Crippen LogP contribution in [0.2, 0.25) is 0 Å². The van der Waals surface area contributed by atoms with Crippen molar-refractivity contribution in [3.63, 3.8) is 0 Å². The molecule has 15 heavy (non-hydrogen) atoms. The van der Waals surface area contributed by atoms with Crippen LogP contribution in [0.5, 0.6) is 0 Å². The van der Waals surface area contributed by atoms with E-state index in [1.54, 1.807) is 6.08 Å². The summed E-state index contributed by atoms with van der Waals surface area (Å²) in [6, 6.07) is 5.95. The van der Waals surface area contributed by atoms with Crippen LogP contribution in [0, 0.1) is 0 Å². The van der Waals surface area contributed by atoms with Gasteiger partial charge in [-0.2, -0.15) is 0 Å². The summed E-state index contributed by atoms with van der Waals surface area (Å²) >= 11 is 0. The van der Waals surface area contributed by atoms with Gasteiger partial charge in [-0.1, -0.05) is 17.7 Å². The molecule has 2 rings (SSSR count). The average Bonchev–Trinajstić information content (AvgIpc) is 2.62. The number of nitrogens with one attached hydrogen (secondary N) is 1. The number of ketones is 1. The first kappa shape index (κ1) is 10.1. The van der Waals surface area contributed by atoms with E-state index < -0.39 is 0 Å². The lowest BCUT2D eigenvalue weighted by Crippen LogP contribution is -2.00. The number of hydrogen-bond acceptors (Lipinski definition) is 2. The minimum Gasteiger partial charge on any atom is -0.309 e. The molecule has 0 fully saturated rings. The van der Waals surface area contributed by atoms with E-state index in [0.717, 1.165) is 24.2 Å². The Hall–Kier alpha value is -1.41. The zero-order valence-electron chi connectivity index (χ0n) is 9.13. The number of allylic oxidation sites excluding steroid dienone is 2. The smallest absolute Gasteiger partial charge is 0.185 e. The predicted molar refractivity (Wildman–Crippen MR) is 60.7 cm³/mol. The summed E-state index contributed by atoms with van der Waals surface area (Å²) in [6.07, 6.45) is 1.68. The largest absolute Gasteiger partial charge is 0.309 e. The Morgan fingerprint density at radius 1 is 1.27 bits per heavy atom. The molecule has 2 heteroatoms. The van der Waals surface area contributed by atoms with Gasteiger partial charge in [-0.05, 0) is 37.1 Å². The third-order valence-corrected chi connectivity index (χ3v) is 2.54. The molecule has 0 aliphatic carbocycles. The molecule has 1 aliphatic heterocycles. The summed E-state index contributed by atoms with van der Waals surface area (Å²) < 4.78 is 0. The van der Waals surface area contributed by atoms with E-state index in [2.05, 4.69) is 5.32 Å². The van der Waals surface area contributed by atoms with Crippen molar-refractivity contribution in [1.29, 1.82) is 0 Å². The normalized spacial score (nSPS) is 13.5. The number of hydrogen-bond donors (Lipinski definition) is 1. The van der Waals surface area contributed by atoms with Gasteiger partial charge in [0.1, 0.15) is 0 Å². The zero-order chi connectivity index (χ0) is 10.8. The first-order valence-corrected chi connectivity index (χ1v) is 5.18. The summed E-state index contributed by atoms with van der Waals surface area (Å²) in [5, 5.41) is 3.27. The second-order valence-corrected chi connectivity index (χ2v) is 4.17. The molecule has 1 heterocycles. The summed E-state index contributed by atoms with van der Waals surface area (Å²) in [7, 11) is 0. The molecule has 0 aromatic heterocycles. The Morgan fingerprint density at radius 2 is 2.00 bits per heavy atom. The van der Waals surface area contributed by atoms with Crippen LogP contribution in [0.25, 0.3) is 0 Å². The molecule has 2 nitrogen and oxygen atoms in total. The molecule has 0 saturated heterocycles. The fourth-order valence-electron chi connectivity index (χ4n) is 1.79. The Labute approximate surface area is 90.0 Å². The van der Waals surface area contributed by atoms with Gasteiger partial charge in [0.2, 0.25) is 0 Å². The van der Waals surface area contributed by atoms with E-state index >= 15 is 0 Å². The third kappa shape index (κ3) is 2.16. The van der Waals surface area contributed by atoms with Gasteiger partial charge in [-0.15, -0.1) is 0 Å². The molecular weight excluding hydrogens is 186 g/mol. The van der Waals surface area contributed by atoms with Crippen molar-refractivity contribution >= 4 is 5.78 Å². The molecule has 0 saturated carbocycles. The van der Waals surface area contributed by atoms with Crippen molar-refractivity contribution in [3.05, 3.63) is 46.5 Å². The maximum Gasteiger partial charge on any atom is 0.185 e. The molecule has 0 radical (unpaired) electrons. The first-order valence-electron chi connectivity index (χ1n) is 5.18. The summed E-state index contributed by atoms with van der Waals surface area (Å²) in [5.41, 5.74) is 4.39. The third-order valence-electron chi connectivity index (χ3n) is 2.54. The SMILES string of the molecule is CC(C)=CC(=O)c1ccc2c(c1)CNC2. The highest BCUT2D eigenvalue weighted by Crippen LogP contribution is 2.17. The zero-order valence-corrected chi connectivity index (χ0v) is 9.13. The second-order valence-electron chi connectivity index (χ2n) is 4.17. The Kier molecular flexibility index (Phi) is 2.69. The number of fused-ring (bicyclic) bond motifs is 1. The van der Waals surface area contributed by atoms with Crippen molar-refractivity contribution in [2.24, 2.45) is 0 Å². The van der Waals surface area contributed by atoms with E-state index in [-0.39, 0.29) is 5.78 Å². The monoisotopic (exact) mass is 201 g/mol. The van der Waals surface area contributed by atoms with E-state index in [9.17, 15) is 4.79 Å². The van der Waals surface area contributed by atoms with Gasteiger partial charge in [-0.25, -0.2) is 0 Å². The average molecular weight is 201 g/mol. The lowest BCUT2D eigenvalue weighted by molar-refractivity contribution is 0.104. The van der Waals surface area contributed by atoms with Gasteiger partial charge < -0.3 is 5.32 Å². The highest BCUT2D eigenvalue weighted by Gasteiger charge is 2.12. The van der Waals surface area contributed by atoms with Crippen LogP contribution in [0.15, 0.2) is 29.8 Å². The van der Waals surface area contributed by atoms with Gasteiger partial charge >= 0.3 is 0 Å². The van der Waals surface area contributed by atoms with Gasteiger partial charge in [0.25, 0.3) is 0 Å². The van der Waals surface area contributed by atoms with E-state index in [1.807, 2.05) is 32.0 Å². The van der Waals surface area contributed by atoms with E-state index in [1.165, 1.54) is 11.1 Å². The molecule has 0 spiro atoms. The molecule has 1 N–H and O–H groups in total. The lowest BCUT2D eigenvalue weighted by atomic mass is 10.0. The molecule has 1 aromatic carbocycles. The summed E-state index contributed by atoms with van der Waals surface area (Å²) in [6.45, 7) is 5.68. The summed E-state index contributed by atoms with van der Waals surface area (Å²) in [4.78, 5) is 11.8. The van der Waals surface area contributed by atoms with Gasteiger partial charge in [0.15, 0.2) is 5.78 Å². The maximum absolute atomic E-state index is 11.8. The van der Waals surface area contributed by atoms with Gasteiger partial charge in [0, 0.05) is 18.7 Å². The molecule has 0 amide bonds. The number of rotatable bonds is 2. The molecule has 0 bridgehead atoms. The van der Waals surface area contributed by atoms with Crippen molar-refractivity contribution in [3.8, 4) is 0 Å². The molecule has 1 aliphatic rings. The minimum absolute atomic E-state index is 0.102. The second kappa shape index (κ2) is 3.99. The maximum atomic E-state index is 11.8. The highest BCUT2D eigenvalue weighted by molar-refractivity contribution is 6.05. The fraction of sp³-hybridized carbons (Fsp3) is 0.308. The van der Waals surface area contributed by atoms with Gasteiger partial charge in [-0.3, -0.25) is 4.79 Å². The van der Waals surface area contributed by atoms with Gasteiger partial charge in [0.05, 0.1) is 0 Å². The van der Waals surface area contributed by atoms with Crippen LogP contribution in [-0.4, -0.2) is 5.78 Å². The fourth-order valence-corrected chi connectivity index (χ4v) is 1.79. The van der Waals surface area contributed by atoms with Crippen LogP contribution in [0.4, 0.5) is 0 Å². The molecule has 1 aromatic rings. The van der Waals surface area contributed by atoms with Crippen molar-refractivity contribution in [2.75, 3.05) is 0 Å². The van der Waals surface area contributed by atoms with Crippen LogP contribution < -0.4 is 5.32 Å². The van der Waals surface area contributed by atoms with Crippen molar-refractivity contribution < 1.29 is 4.79 Å². The van der Waals surface area contributed by atoms with Crippen LogP contribution >= 0.6 is 0 Å².